The maximum Gasteiger partial charge on any atom is 0.153 e. The van der Waals surface area contributed by atoms with Gasteiger partial charge < -0.3 is 19.3 Å². The van der Waals surface area contributed by atoms with E-state index in [2.05, 4.69) is 16.7 Å². The van der Waals surface area contributed by atoms with E-state index in [1.165, 1.54) is 57.8 Å². The van der Waals surface area contributed by atoms with E-state index in [9.17, 15) is 5.11 Å². The Morgan fingerprint density at radius 1 is 1.08 bits per heavy atom. The summed E-state index contributed by atoms with van der Waals surface area (Å²) in [6, 6.07) is 3.66. The first-order valence-electron chi connectivity index (χ1n) is 9.60. The van der Waals surface area contributed by atoms with E-state index >= 15 is 0 Å². The number of aliphatic hydroxyl groups excluding tert-OH is 1. The van der Waals surface area contributed by atoms with E-state index in [1.807, 2.05) is 25.4 Å². The summed E-state index contributed by atoms with van der Waals surface area (Å²) in [4.78, 5) is 4.39. The van der Waals surface area contributed by atoms with E-state index in [1.54, 1.807) is 6.26 Å². The van der Waals surface area contributed by atoms with Crippen LogP contribution in [0.1, 0.15) is 76.6 Å². The van der Waals surface area contributed by atoms with Crippen molar-refractivity contribution in [1.29, 1.82) is 0 Å². The Morgan fingerprint density at radius 2 is 1.75 bits per heavy atom. The molecule has 4 nitrogen and oxygen atoms in total. The van der Waals surface area contributed by atoms with Gasteiger partial charge in [-0.25, -0.2) is 0 Å². The highest BCUT2D eigenvalue weighted by Crippen LogP contribution is 2.29. The molecule has 0 aromatic carbocycles. The minimum absolute atomic E-state index is 0.619. The van der Waals surface area contributed by atoms with Crippen molar-refractivity contribution in [2.45, 2.75) is 70.8 Å². The van der Waals surface area contributed by atoms with E-state index in [-0.39, 0.29) is 0 Å². The van der Waals surface area contributed by atoms with Crippen LogP contribution in [0.2, 0.25) is 0 Å². The van der Waals surface area contributed by atoms with Gasteiger partial charge >= 0.3 is 0 Å². The molecule has 2 heterocycles. The highest BCUT2D eigenvalue weighted by Gasteiger charge is 2.26. The van der Waals surface area contributed by atoms with Crippen molar-refractivity contribution in [2.24, 2.45) is 0 Å². The largest absolute Gasteiger partial charge is 0.466 e. The van der Waals surface area contributed by atoms with Crippen molar-refractivity contribution in [3.8, 4) is 0 Å². The third-order valence-corrected chi connectivity index (χ3v) is 4.74. The second-order valence-corrected chi connectivity index (χ2v) is 6.96. The van der Waals surface area contributed by atoms with Crippen molar-refractivity contribution in [2.75, 3.05) is 20.3 Å². The topological polar surface area (TPSA) is 39.9 Å². The summed E-state index contributed by atoms with van der Waals surface area (Å²) in [6.45, 7) is 4.12. The van der Waals surface area contributed by atoms with Gasteiger partial charge in [0.1, 0.15) is 5.76 Å². The molecule has 1 N–H and O–H groups in total. The number of hydrogen-bond acceptors (Lipinski definition) is 4. The molecule has 1 aromatic heterocycles. The standard InChI is InChI=1S/C20H34N2O2/c1-3-4-5-6-7-8-9-10-11-14-22-17-21(2)16-18(22)20(23)19-13-12-15-24-19/h12-13,15-16,20,23H,3-11,14,17H2,1-2H3. The number of hydrogen-bond donors (Lipinski definition) is 1. The lowest BCUT2D eigenvalue weighted by Gasteiger charge is -2.24. The highest BCUT2D eigenvalue weighted by molar-refractivity contribution is 5.19. The summed E-state index contributed by atoms with van der Waals surface area (Å²) >= 11 is 0. The zero-order chi connectivity index (χ0) is 17.2. The van der Waals surface area contributed by atoms with Gasteiger partial charge in [0.05, 0.1) is 18.6 Å². The summed E-state index contributed by atoms with van der Waals surface area (Å²) in [5, 5.41) is 10.5. The van der Waals surface area contributed by atoms with Crippen LogP contribution in [0.15, 0.2) is 34.7 Å². The fourth-order valence-corrected chi connectivity index (χ4v) is 3.35. The van der Waals surface area contributed by atoms with Crippen molar-refractivity contribution in [3.05, 3.63) is 36.1 Å². The molecule has 24 heavy (non-hydrogen) atoms. The lowest BCUT2D eigenvalue weighted by atomic mass is 10.1. The summed E-state index contributed by atoms with van der Waals surface area (Å²) in [6.07, 6.45) is 15.0. The fraction of sp³-hybridized carbons (Fsp3) is 0.700. The molecule has 136 valence electrons. The van der Waals surface area contributed by atoms with Gasteiger partial charge in [-0.3, -0.25) is 0 Å². The Kier molecular flexibility index (Phi) is 8.23. The van der Waals surface area contributed by atoms with Crippen LogP contribution in [0.25, 0.3) is 0 Å². The molecule has 0 spiro atoms. The summed E-state index contributed by atoms with van der Waals surface area (Å²) in [7, 11) is 2.05. The molecule has 1 aliphatic rings. The SMILES string of the molecule is CCCCCCCCCCCN1CN(C)C=C1C(O)c1ccco1. The highest BCUT2D eigenvalue weighted by atomic mass is 16.4. The van der Waals surface area contributed by atoms with Crippen LogP contribution in [-0.4, -0.2) is 35.2 Å². The van der Waals surface area contributed by atoms with Gasteiger partial charge in [-0.05, 0) is 18.6 Å². The van der Waals surface area contributed by atoms with Crippen molar-refractivity contribution < 1.29 is 9.52 Å². The Hall–Kier alpha value is -1.42. The molecule has 0 radical (unpaired) electrons. The van der Waals surface area contributed by atoms with E-state index in [0.717, 1.165) is 18.9 Å². The molecule has 2 rings (SSSR count). The molecule has 0 aliphatic carbocycles. The van der Waals surface area contributed by atoms with E-state index < -0.39 is 6.10 Å². The molecular weight excluding hydrogens is 300 g/mol. The van der Waals surface area contributed by atoms with Crippen LogP contribution < -0.4 is 0 Å². The first kappa shape index (κ1) is 18.9. The normalized spacial score (nSPS) is 15.9. The van der Waals surface area contributed by atoms with E-state index in [0.29, 0.717) is 5.76 Å². The predicted octanol–water partition coefficient (Wildman–Crippen LogP) is 4.89. The average molecular weight is 335 g/mol. The van der Waals surface area contributed by atoms with Gasteiger partial charge in [-0.15, -0.1) is 0 Å². The zero-order valence-electron chi connectivity index (χ0n) is 15.4. The lowest BCUT2D eigenvalue weighted by Crippen LogP contribution is -2.28. The predicted molar refractivity (Wildman–Crippen MR) is 98.3 cm³/mol. The number of nitrogens with zero attached hydrogens (tertiary/aromatic N) is 2. The van der Waals surface area contributed by atoms with Gasteiger partial charge in [0.15, 0.2) is 6.10 Å². The van der Waals surface area contributed by atoms with E-state index in [4.69, 9.17) is 4.42 Å². The summed E-state index contributed by atoms with van der Waals surface area (Å²) in [5.41, 5.74) is 0.951. The van der Waals surface area contributed by atoms with Crippen LogP contribution in [0, 0.1) is 0 Å². The molecule has 1 aliphatic heterocycles. The Morgan fingerprint density at radius 3 is 2.38 bits per heavy atom. The minimum atomic E-state index is -0.663. The smallest absolute Gasteiger partial charge is 0.153 e. The molecule has 1 atom stereocenters. The van der Waals surface area contributed by atoms with Gasteiger partial charge in [0.25, 0.3) is 0 Å². The third kappa shape index (κ3) is 5.90. The van der Waals surface area contributed by atoms with Gasteiger partial charge in [0.2, 0.25) is 0 Å². The monoisotopic (exact) mass is 334 g/mol. The maximum absolute atomic E-state index is 10.5. The minimum Gasteiger partial charge on any atom is -0.466 e. The number of unbranched alkanes of at least 4 members (excludes halogenated alkanes) is 8. The average Bonchev–Trinajstić information content (AvgIpc) is 3.22. The molecule has 1 unspecified atom stereocenters. The van der Waals surface area contributed by atoms with Crippen molar-refractivity contribution in [1.82, 2.24) is 9.80 Å². The number of rotatable bonds is 12. The second-order valence-electron chi connectivity index (χ2n) is 6.96. The van der Waals surface area contributed by atoms with Crippen LogP contribution >= 0.6 is 0 Å². The Labute approximate surface area is 147 Å². The molecular formula is C20H34N2O2. The quantitative estimate of drug-likeness (QED) is 0.552. The Bertz CT molecular complexity index is 470. The summed E-state index contributed by atoms with van der Waals surface area (Å²) in [5.74, 6) is 0.619. The molecule has 0 saturated heterocycles. The number of aliphatic hydroxyl groups is 1. The van der Waals surface area contributed by atoms with Gasteiger partial charge in [-0.2, -0.15) is 0 Å². The van der Waals surface area contributed by atoms with Gasteiger partial charge in [-0.1, -0.05) is 58.3 Å². The molecule has 0 saturated carbocycles. The first-order valence-corrected chi connectivity index (χ1v) is 9.60. The molecule has 0 fully saturated rings. The summed E-state index contributed by atoms with van der Waals surface area (Å²) < 4.78 is 5.35. The fourth-order valence-electron chi connectivity index (χ4n) is 3.35. The first-order chi connectivity index (χ1) is 11.7. The zero-order valence-corrected chi connectivity index (χ0v) is 15.4. The maximum atomic E-state index is 10.5. The van der Waals surface area contributed by atoms with Crippen LogP contribution in [0.3, 0.4) is 0 Å². The third-order valence-electron chi connectivity index (χ3n) is 4.74. The van der Waals surface area contributed by atoms with Crippen molar-refractivity contribution >= 4 is 0 Å². The second kappa shape index (κ2) is 10.4. The molecule has 1 aromatic rings. The van der Waals surface area contributed by atoms with Crippen LogP contribution in [0.4, 0.5) is 0 Å². The molecule has 0 bridgehead atoms. The Balaban J connectivity index is 1.64. The van der Waals surface area contributed by atoms with Crippen molar-refractivity contribution in [3.63, 3.8) is 0 Å². The van der Waals surface area contributed by atoms with Gasteiger partial charge in [0, 0.05) is 19.8 Å². The van der Waals surface area contributed by atoms with Crippen LogP contribution in [0.5, 0.6) is 0 Å². The van der Waals surface area contributed by atoms with Crippen LogP contribution in [-0.2, 0) is 0 Å². The lowest BCUT2D eigenvalue weighted by molar-refractivity contribution is 0.142. The molecule has 0 amide bonds. The molecule has 4 heteroatoms. The number of furan rings is 1.